The third-order valence-corrected chi connectivity index (χ3v) is 3.11. The standard InChI is InChI=1S/C15H14N2O2/c18-15(11-5-7-16-8-6-11)17-13-3-4-14-12(10-13)2-1-9-19-14/h3-8,10H,1-2,9H2,(H,17,18). The van der Waals surface area contributed by atoms with Crippen molar-refractivity contribution in [2.45, 2.75) is 12.8 Å². The van der Waals surface area contributed by atoms with Gasteiger partial charge in [-0.2, -0.15) is 0 Å². The zero-order chi connectivity index (χ0) is 13.1. The highest BCUT2D eigenvalue weighted by Crippen LogP contribution is 2.27. The number of aryl methyl sites for hydroxylation is 1. The van der Waals surface area contributed by atoms with Gasteiger partial charge in [0.2, 0.25) is 0 Å². The first-order chi connectivity index (χ1) is 9.33. The smallest absolute Gasteiger partial charge is 0.255 e. The van der Waals surface area contributed by atoms with Crippen LogP contribution in [0.1, 0.15) is 22.3 Å². The Bertz CT molecular complexity index is 596. The maximum absolute atomic E-state index is 12.0. The van der Waals surface area contributed by atoms with Gasteiger partial charge in [-0.05, 0) is 48.7 Å². The van der Waals surface area contributed by atoms with Gasteiger partial charge >= 0.3 is 0 Å². The average molecular weight is 254 g/mol. The number of nitrogens with one attached hydrogen (secondary N) is 1. The molecule has 0 atom stereocenters. The third kappa shape index (κ3) is 2.57. The lowest BCUT2D eigenvalue weighted by Crippen LogP contribution is -2.13. The van der Waals surface area contributed by atoms with Gasteiger partial charge in [-0.1, -0.05) is 0 Å². The van der Waals surface area contributed by atoms with Gasteiger partial charge < -0.3 is 10.1 Å². The van der Waals surface area contributed by atoms with Crippen molar-refractivity contribution in [1.29, 1.82) is 0 Å². The van der Waals surface area contributed by atoms with Gasteiger partial charge in [0, 0.05) is 23.6 Å². The summed E-state index contributed by atoms with van der Waals surface area (Å²) in [5, 5.41) is 2.89. The van der Waals surface area contributed by atoms with Crippen molar-refractivity contribution in [1.82, 2.24) is 4.98 Å². The quantitative estimate of drug-likeness (QED) is 0.896. The van der Waals surface area contributed by atoms with Gasteiger partial charge in [-0.15, -0.1) is 0 Å². The summed E-state index contributed by atoms with van der Waals surface area (Å²) in [6.07, 6.45) is 5.23. The van der Waals surface area contributed by atoms with E-state index in [2.05, 4.69) is 10.3 Å². The molecule has 4 heteroatoms. The molecule has 4 nitrogen and oxygen atoms in total. The molecule has 0 saturated carbocycles. The number of nitrogens with zero attached hydrogens (tertiary/aromatic N) is 1. The van der Waals surface area contributed by atoms with Gasteiger partial charge in [0.25, 0.3) is 5.91 Å². The fraction of sp³-hybridized carbons (Fsp3) is 0.200. The number of carbonyl (C=O) groups is 1. The molecule has 96 valence electrons. The number of anilines is 1. The molecule has 3 rings (SSSR count). The van der Waals surface area contributed by atoms with E-state index < -0.39 is 0 Å². The van der Waals surface area contributed by atoms with Crippen LogP contribution in [0.15, 0.2) is 42.7 Å². The number of fused-ring (bicyclic) bond motifs is 1. The Balaban J connectivity index is 1.78. The number of rotatable bonds is 2. The van der Waals surface area contributed by atoms with E-state index in [0.29, 0.717) is 5.56 Å². The van der Waals surface area contributed by atoms with Crippen molar-refractivity contribution >= 4 is 11.6 Å². The molecule has 1 aliphatic heterocycles. The van der Waals surface area contributed by atoms with Crippen LogP contribution < -0.4 is 10.1 Å². The Labute approximate surface area is 111 Å². The molecule has 1 aliphatic rings. The monoisotopic (exact) mass is 254 g/mol. The Morgan fingerprint density at radius 3 is 2.89 bits per heavy atom. The largest absolute Gasteiger partial charge is 0.493 e. The van der Waals surface area contributed by atoms with E-state index >= 15 is 0 Å². The minimum Gasteiger partial charge on any atom is -0.493 e. The molecule has 0 fully saturated rings. The SMILES string of the molecule is O=C(Nc1ccc2c(c1)CCCO2)c1ccncc1. The van der Waals surface area contributed by atoms with Crippen LogP contribution in [0.3, 0.4) is 0 Å². The molecule has 0 spiro atoms. The normalized spacial score (nSPS) is 13.3. The second-order valence-corrected chi connectivity index (χ2v) is 4.46. The molecule has 0 saturated heterocycles. The highest BCUT2D eigenvalue weighted by Gasteiger charge is 2.12. The van der Waals surface area contributed by atoms with E-state index in [1.54, 1.807) is 24.5 Å². The van der Waals surface area contributed by atoms with Crippen LogP contribution in [0.2, 0.25) is 0 Å². The summed E-state index contributed by atoms with van der Waals surface area (Å²) < 4.78 is 5.55. The summed E-state index contributed by atoms with van der Waals surface area (Å²) in [4.78, 5) is 15.9. The van der Waals surface area contributed by atoms with E-state index in [0.717, 1.165) is 36.4 Å². The minimum absolute atomic E-state index is 0.126. The third-order valence-electron chi connectivity index (χ3n) is 3.11. The highest BCUT2D eigenvalue weighted by molar-refractivity contribution is 6.04. The fourth-order valence-electron chi connectivity index (χ4n) is 2.14. The Morgan fingerprint density at radius 2 is 2.05 bits per heavy atom. The van der Waals surface area contributed by atoms with Crippen LogP contribution in [0, 0.1) is 0 Å². The molecule has 1 aromatic heterocycles. The number of hydrogen-bond acceptors (Lipinski definition) is 3. The summed E-state index contributed by atoms with van der Waals surface area (Å²) in [5.74, 6) is 0.798. The van der Waals surface area contributed by atoms with E-state index in [1.165, 1.54) is 0 Å². The number of benzene rings is 1. The molecular weight excluding hydrogens is 240 g/mol. The molecule has 19 heavy (non-hydrogen) atoms. The number of aromatic nitrogens is 1. The molecule has 0 radical (unpaired) electrons. The van der Waals surface area contributed by atoms with Crippen LogP contribution in [0.25, 0.3) is 0 Å². The molecule has 2 heterocycles. The first-order valence-electron chi connectivity index (χ1n) is 6.30. The van der Waals surface area contributed by atoms with Gasteiger partial charge in [-0.25, -0.2) is 0 Å². The molecule has 1 aromatic carbocycles. The van der Waals surface area contributed by atoms with Crippen LogP contribution in [-0.2, 0) is 6.42 Å². The topological polar surface area (TPSA) is 51.2 Å². The number of amides is 1. The second-order valence-electron chi connectivity index (χ2n) is 4.46. The lowest BCUT2D eigenvalue weighted by atomic mass is 10.1. The van der Waals surface area contributed by atoms with E-state index in [4.69, 9.17) is 4.74 Å². The average Bonchev–Trinajstić information content (AvgIpc) is 2.48. The molecule has 0 bridgehead atoms. The van der Waals surface area contributed by atoms with Crippen molar-refractivity contribution in [3.05, 3.63) is 53.9 Å². The highest BCUT2D eigenvalue weighted by atomic mass is 16.5. The second kappa shape index (κ2) is 5.10. The predicted molar refractivity (Wildman–Crippen MR) is 72.4 cm³/mol. The van der Waals surface area contributed by atoms with Crippen molar-refractivity contribution in [2.24, 2.45) is 0 Å². The summed E-state index contributed by atoms with van der Waals surface area (Å²) in [6, 6.07) is 9.14. The van der Waals surface area contributed by atoms with Crippen molar-refractivity contribution < 1.29 is 9.53 Å². The van der Waals surface area contributed by atoms with Crippen LogP contribution in [0.5, 0.6) is 5.75 Å². The van der Waals surface area contributed by atoms with Crippen LogP contribution >= 0.6 is 0 Å². The number of ether oxygens (including phenoxy) is 1. The number of carbonyl (C=O) groups excluding carboxylic acids is 1. The molecule has 1 amide bonds. The maximum Gasteiger partial charge on any atom is 0.255 e. The van der Waals surface area contributed by atoms with Crippen LogP contribution in [0.4, 0.5) is 5.69 Å². The first-order valence-corrected chi connectivity index (χ1v) is 6.30. The van der Waals surface area contributed by atoms with Crippen molar-refractivity contribution in [2.75, 3.05) is 11.9 Å². The van der Waals surface area contributed by atoms with Crippen molar-refractivity contribution in [3.63, 3.8) is 0 Å². The summed E-state index contributed by atoms with van der Waals surface area (Å²) in [6.45, 7) is 0.774. The molecule has 0 unspecified atom stereocenters. The fourth-order valence-corrected chi connectivity index (χ4v) is 2.14. The lowest BCUT2D eigenvalue weighted by molar-refractivity contribution is 0.102. The summed E-state index contributed by atoms with van der Waals surface area (Å²) in [7, 11) is 0. The van der Waals surface area contributed by atoms with Crippen LogP contribution in [-0.4, -0.2) is 17.5 Å². The van der Waals surface area contributed by atoms with Gasteiger partial charge in [0.1, 0.15) is 5.75 Å². The van der Waals surface area contributed by atoms with E-state index in [1.807, 2.05) is 18.2 Å². The summed E-state index contributed by atoms with van der Waals surface area (Å²) >= 11 is 0. The molecule has 2 aromatic rings. The zero-order valence-corrected chi connectivity index (χ0v) is 10.4. The molecular formula is C15H14N2O2. The maximum atomic E-state index is 12.0. The number of pyridine rings is 1. The Morgan fingerprint density at radius 1 is 1.21 bits per heavy atom. The minimum atomic E-state index is -0.126. The van der Waals surface area contributed by atoms with Gasteiger partial charge in [0.15, 0.2) is 0 Å². The van der Waals surface area contributed by atoms with E-state index in [-0.39, 0.29) is 5.91 Å². The van der Waals surface area contributed by atoms with Gasteiger partial charge in [-0.3, -0.25) is 9.78 Å². The van der Waals surface area contributed by atoms with E-state index in [9.17, 15) is 4.79 Å². The van der Waals surface area contributed by atoms with Crippen molar-refractivity contribution in [3.8, 4) is 5.75 Å². The molecule has 1 N–H and O–H groups in total. The molecule has 0 aliphatic carbocycles. The predicted octanol–water partition coefficient (Wildman–Crippen LogP) is 2.66. The number of hydrogen-bond donors (Lipinski definition) is 1. The first kappa shape index (κ1) is 11.7. The Kier molecular flexibility index (Phi) is 3.14. The van der Waals surface area contributed by atoms with Gasteiger partial charge in [0.05, 0.1) is 6.61 Å². The summed E-state index contributed by atoms with van der Waals surface area (Å²) in [5.41, 5.74) is 2.55. The zero-order valence-electron chi connectivity index (χ0n) is 10.4. The lowest BCUT2D eigenvalue weighted by Gasteiger charge is -2.18. The Hall–Kier alpha value is -2.36.